The number of nitrogens with zero attached hydrogens (tertiary/aromatic N) is 2. The van der Waals surface area contributed by atoms with Crippen molar-refractivity contribution >= 4 is 38.9 Å². The molecule has 2 heterocycles. The lowest BCUT2D eigenvalue weighted by molar-refractivity contribution is -0.123. The van der Waals surface area contributed by atoms with Crippen LogP contribution in [-0.4, -0.2) is 50.7 Å². The van der Waals surface area contributed by atoms with Crippen LogP contribution in [0.3, 0.4) is 0 Å². The number of sulfonamides is 1. The zero-order chi connectivity index (χ0) is 24.3. The molecule has 8 nitrogen and oxygen atoms in total. The summed E-state index contributed by atoms with van der Waals surface area (Å²) in [6.07, 6.45) is 3.28. The number of rotatable bonds is 7. The third-order valence-electron chi connectivity index (χ3n) is 6.58. The van der Waals surface area contributed by atoms with Crippen molar-refractivity contribution in [2.24, 2.45) is 0 Å². The summed E-state index contributed by atoms with van der Waals surface area (Å²) in [6, 6.07) is 12.2. The number of nitrogens with one attached hydrogen (secondary N) is 2. The van der Waals surface area contributed by atoms with Gasteiger partial charge in [-0.15, -0.1) is 0 Å². The van der Waals surface area contributed by atoms with Crippen LogP contribution in [0.15, 0.2) is 47.4 Å². The maximum atomic E-state index is 13.4. The molecule has 1 atom stereocenters. The number of benzene rings is 2. The lowest BCUT2D eigenvalue weighted by Crippen LogP contribution is -2.33. The van der Waals surface area contributed by atoms with Gasteiger partial charge in [-0.3, -0.25) is 9.59 Å². The van der Waals surface area contributed by atoms with E-state index in [1.54, 1.807) is 38.1 Å². The van der Waals surface area contributed by atoms with Crippen LogP contribution in [0.1, 0.15) is 51.0 Å². The van der Waals surface area contributed by atoms with E-state index in [1.807, 2.05) is 18.2 Å². The Bertz CT molecular complexity index is 1170. The second-order valence-electron chi connectivity index (χ2n) is 8.70. The Balaban J connectivity index is 1.71. The first-order valence-electron chi connectivity index (χ1n) is 11.9. The fourth-order valence-corrected chi connectivity index (χ4v) is 6.25. The molecular formula is C25H32N4O4S. The number of fused-ring (bicyclic) bond motifs is 1. The van der Waals surface area contributed by atoms with Crippen LogP contribution >= 0.6 is 0 Å². The van der Waals surface area contributed by atoms with Crippen molar-refractivity contribution < 1.29 is 18.0 Å². The predicted molar refractivity (Wildman–Crippen MR) is 134 cm³/mol. The van der Waals surface area contributed by atoms with E-state index in [4.69, 9.17) is 0 Å². The molecule has 2 aromatic carbocycles. The van der Waals surface area contributed by atoms with E-state index >= 15 is 0 Å². The molecule has 0 aliphatic carbocycles. The predicted octanol–water partition coefficient (Wildman–Crippen LogP) is 3.77. The summed E-state index contributed by atoms with van der Waals surface area (Å²) >= 11 is 0. The zero-order valence-electron chi connectivity index (χ0n) is 19.7. The number of carbonyl (C=O) groups is 2. The van der Waals surface area contributed by atoms with Crippen LogP contribution in [0.5, 0.6) is 0 Å². The average molecular weight is 485 g/mol. The molecule has 1 unspecified atom stereocenters. The highest BCUT2D eigenvalue weighted by atomic mass is 32.2. The van der Waals surface area contributed by atoms with Crippen molar-refractivity contribution in [3.05, 3.63) is 48.0 Å². The smallest absolute Gasteiger partial charge is 0.243 e. The number of piperidine rings is 1. The third kappa shape index (κ3) is 4.81. The summed E-state index contributed by atoms with van der Waals surface area (Å²) in [6.45, 7) is 6.03. The number of carbonyl (C=O) groups excluding carboxylic acids is 2. The molecule has 2 aliphatic rings. The first kappa shape index (κ1) is 24.2. The molecule has 4 rings (SSSR count). The van der Waals surface area contributed by atoms with E-state index < -0.39 is 15.9 Å². The Labute approximate surface area is 201 Å². The molecular weight excluding hydrogens is 452 g/mol. The second kappa shape index (κ2) is 10.1. The fourth-order valence-electron chi connectivity index (χ4n) is 4.76. The Morgan fingerprint density at radius 1 is 1.09 bits per heavy atom. The Morgan fingerprint density at radius 3 is 2.50 bits per heavy atom. The topological polar surface area (TPSA) is 98.8 Å². The van der Waals surface area contributed by atoms with Crippen molar-refractivity contribution in [1.29, 1.82) is 0 Å². The van der Waals surface area contributed by atoms with Crippen LogP contribution < -0.4 is 15.5 Å². The molecule has 2 aliphatic heterocycles. The lowest BCUT2D eigenvalue weighted by Gasteiger charge is -2.32. The Kier molecular flexibility index (Phi) is 7.23. The normalized spacial score (nSPS) is 18.4. The van der Waals surface area contributed by atoms with Gasteiger partial charge < -0.3 is 15.5 Å². The van der Waals surface area contributed by atoms with Gasteiger partial charge in [0.15, 0.2) is 0 Å². The van der Waals surface area contributed by atoms with Crippen LogP contribution in [-0.2, 0) is 19.6 Å². The first-order valence-corrected chi connectivity index (χ1v) is 13.4. The van der Waals surface area contributed by atoms with E-state index in [2.05, 4.69) is 15.5 Å². The monoisotopic (exact) mass is 484 g/mol. The van der Waals surface area contributed by atoms with Gasteiger partial charge in [0, 0.05) is 38.3 Å². The van der Waals surface area contributed by atoms with Crippen molar-refractivity contribution in [3.8, 4) is 0 Å². The molecule has 0 aromatic heterocycles. The minimum absolute atomic E-state index is 0.0410. The van der Waals surface area contributed by atoms with E-state index in [1.165, 1.54) is 4.31 Å². The van der Waals surface area contributed by atoms with Gasteiger partial charge in [0.2, 0.25) is 21.8 Å². The standard InChI is InChI=1S/C25H32N4O4S/c1-3-29(4-2)34(32,33)18-12-13-23(28-14-8-5-9-15-28)22(16-18)27-25(31)20-17-24(30)26-21-11-7-6-10-19(20)21/h6-7,10-13,16,20H,3-5,8-9,14-15,17H2,1-2H3,(H,26,30)(H,27,31). The van der Waals surface area contributed by atoms with Crippen LogP contribution in [0.2, 0.25) is 0 Å². The molecule has 0 bridgehead atoms. The SMILES string of the molecule is CCN(CC)S(=O)(=O)c1ccc(N2CCCCC2)c(NC(=O)C2CC(=O)Nc3ccccc32)c1. The average Bonchev–Trinajstić information content (AvgIpc) is 2.84. The van der Waals surface area contributed by atoms with E-state index in [0.29, 0.717) is 24.5 Å². The van der Waals surface area contributed by atoms with Gasteiger partial charge in [-0.25, -0.2) is 8.42 Å². The molecule has 2 aromatic rings. The molecule has 2 N–H and O–H groups in total. The molecule has 0 saturated carbocycles. The highest BCUT2D eigenvalue weighted by molar-refractivity contribution is 7.89. The second-order valence-corrected chi connectivity index (χ2v) is 10.6. The lowest BCUT2D eigenvalue weighted by atomic mass is 9.89. The summed E-state index contributed by atoms with van der Waals surface area (Å²) in [5.41, 5.74) is 2.66. The summed E-state index contributed by atoms with van der Waals surface area (Å²) < 4.78 is 27.7. The van der Waals surface area contributed by atoms with Gasteiger partial charge in [0.1, 0.15) is 0 Å². The van der Waals surface area contributed by atoms with E-state index in [-0.39, 0.29) is 23.1 Å². The van der Waals surface area contributed by atoms with Crippen LogP contribution in [0.25, 0.3) is 0 Å². The summed E-state index contributed by atoms with van der Waals surface area (Å²) in [4.78, 5) is 28.0. The number of anilines is 3. The van der Waals surface area contributed by atoms with Crippen molar-refractivity contribution in [1.82, 2.24) is 4.31 Å². The number of amides is 2. The first-order chi connectivity index (χ1) is 16.3. The van der Waals surface area contributed by atoms with Crippen LogP contribution in [0.4, 0.5) is 17.1 Å². The summed E-state index contributed by atoms with van der Waals surface area (Å²) in [5.74, 6) is -1.19. The molecule has 0 spiro atoms. The fraction of sp³-hybridized carbons (Fsp3) is 0.440. The van der Waals surface area contributed by atoms with Gasteiger partial charge in [-0.2, -0.15) is 4.31 Å². The molecule has 1 fully saturated rings. The van der Waals surface area contributed by atoms with Gasteiger partial charge in [0.05, 0.1) is 22.2 Å². The zero-order valence-corrected chi connectivity index (χ0v) is 20.5. The van der Waals surface area contributed by atoms with E-state index in [0.717, 1.165) is 43.6 Å². The molecule has 2 amide bonds. The van der Waals surface area contributed by atoms with E-state index in [9.17, 15) is 18.0 Å². The molecule has 0 radical (unpaired) electrons. The highest BCUT2D eigenvalue weighted by Crippen LogP contribution is 2.36. The summed E-state index contributed by atoms with van der Waals surface area (Å²) in [7, 11) is -3.69. The minimum Gasteiger partial charge on any atom is -0.370 e. The maximum absolute atomic E-state index is 13.4. The van der Waals surface area contributed by atoms with Crippen molar-refractivity contribution in [3.63, 3.8) is 0 Å². The minimum atomic E-state index is -3.69. The largest absolute Gasteiger partial charge is 0.370 e. The molecule has 1 saturated heterocycles. The third-order valence-corrected chi connectivity index (χ3v) is 8.63. The van der Waals surface area contributed by atoms with Gasteiger partial charge in [0.25, 0.3) is 0 Å². The quantitative estimate of drug-likeness (QED) is 0.623. The number of para-hydroxylation sites is 1. The highest BCUT2D eigenvalue weighted by Gasteiger charge is 2.32. The molecule has 9 heteroatoms. The maximum Gasteiger partial charge on any atom is 0.243 e. The molecule has 34 heavy (non-hydrogen) atoms. The Hall–Kier alpha value is -2.91. The van der Waals surface area contributed by atoms with Crippen molar-refractivity contribution in [2.45, 2.75) is 50.3 Å². The summed E-state index contributed by atoms with van der Waals surface area (Å²) in [5, 5.41) is 5.80. The molecule has 182 valence electrons. The van der Waals surface area contributed by atoms with Gasteiger partial charge in [-0.1, -0.05) is 32.0 Å². The van der Waals surface area contributed by atoms with Gasteiger partial charge >= 0.3 is 0 Å². The van der Waals surface area contributed by atoms with Gasteiger partial charge in [-0.05, 0) is 49.1 Å². The number of hydrogen-bond acceptors (Lipinski definition) is 5. The van der Waals surface area contributed by atoms with Crippen LogP contribution in [0, 0.1) is 0 Å². The Morgan fingerprint density at radius 2 is 1.79 bits per heavy atom. The number of hydrogen-bond donors (Lipinski definition) is 2. The van der Waals surface area contributed by atoms with Crippen molar-refractivity contribution in [2.75, 3.05) is 41.7 Å².